The second-order valence-electron chi connectivity index (χ2n) is 7.55. The minimum absolute atomic E-state index is 0.0817. The lowest BCUT2D eigenvalue weighted by Crippen LogP contribution is -2.63. The Balaban J connectivity index is 2.18. The first kappa shape index (κ1) is 22.6. The molecule has 1 aromatic rings. The molecule has 8 nitrogen and oxygen atoms in total. The Labute approximate surface area is 170 Å². The number of carboxylic acid groups (broad SMARTS) is 1. The van der Waals surface area contributed by atoms with Crippen LogP contribution in [-0.4, -0.2) is 72.6 Å². The van der Waals surface area contributed by atoms with Gasteiger partial charge in [-0.25, -0.2) is 9.18 Å². The molecule has 1 saturated heterocycles. The van der Waals surface area contributed by atoms with Gasteiger partial charge in [0.25, 0.3) is 0 Å². The number of nitrogens with zero attached hydrogens (tertiary/aromatic N) is 2. The van der Waals surface area contributed by atoms with Crippen LogP contribution in [0.4, 0.5) is 10.1 Å². The highest BCUT2D eigenvalue weighted by atomic mass is 19.1. The van der Waals surface area contributed by atoms with Gasteiger partial charge in [-0.3, -0.25) is 9.59 Å². The molecule has 3 atom stereocenters. The maximum absolute atomic E-state index is 13.2. The molecule has 2 rings (SSSR count). The zero-order chi connectivity index (χ0) is 21.7. The summed E-state index contributed by atoms with van der Waals surface area (Å²) in [5.74, 6) is -2.44. The van der Waals surface area contributed by atoms with E-state index in [-0.39, 0.29) is 30.7 Å². The standard InChI is InChI=1S/C20H29FN4O4/c1-12(2)17(23-18(26)13(3)22-4)19(27)25-10-9-24(11-16(25)20(28)29)15-7-5-14(21)6-8-15/h5-8,12-13,16-17,22H,9-11H2,1-4H3,(H,23,26)(H,28,29). The summed E-state index contributed by atoms with van der Waals surface area (Å²) in [7, 11) is 1.64. The van der Waals surface area contributed by atoms with Gasteiger partial charge in [0.15, 0.2) is 0 Å². The molecule has 160 valence electrons. The maximum Gasteiger partial charge on any atom is 0.328 e. The van der Waals surface area contributed by atoms with Gasteiger partial charge in [-0.15, -0.1) is 0 Å². The number of amides is 2. The lowest BCUT2D eigenvalue weighted by molar-refractivity contribution is -0.152. The number of carbonyl (C=O) groups is 3. The minimum Gasteiger partial charge on any atom is -0.480 e. The fourth-order valence-corrected chi connectivity index (χ4v) is 3.25. The number of nitrogens with one attached hydrogen (secondary N) is 2. The molecule has 2 amide bonds. The summed E-state index contributed by atoms with van der Waals surface area (Å²) >= 11 is 0. The van der Waals surface area contributed by atoms with E-state index in [2.05, 4.69) is 10.6 Å². The van der Waals surface area contributed by atoms with Crippen molar-refractivity contribution in [2.24, 2.45) is 5.92 Å². The molecule has 29 heavy (non-hydrogen) atoms. The smallest absolute Gasteiger partial charge is 0.328 e. The Morgan fingerprint density at radius 2 is 1.76 bits per heavy atom. The molecule has 0 saturated carbocycles. The van der Waals surface area contributed by atoms with Crippen molar-refractivity contribution in [3.05, 3.63) is 30.1 Å². The van der Waals surface area contributed by atoms with Gasteiger partial charge < -0.3 is 25.5 Å². The van der Waals surface area contributed by atoms with E-state index in [1.807, 2.05) is 4.90 Å². The second kappa shape index (κ2) is 9.69. The molecule has 0 aromatic heterocycles. The quantitative estimate of drug-likeness (QED) is 0.613. The van der Waals surface area contributed by atoms with Crippen molar-refractivity contribution in [2.45, 2.75) is 38.9 Å². The van der Waals surface area contributed by atoms with E-state index in [1.165, 1.54) is 17.0 Å². The molecule has 0 spiro atoms. The van der Waals surface area contributed by atoms with Crippen LogP contribution in [0.2, 0.25) is 0 Å². The van der Waals surface area contributed by atoms with Gasteiger partial charge in [-0.1, -0.05) is 13.8 Å². The number of rotatable bonds is 7. The van der Waals surface area contributed by atoms with Gasteiger partial charge in [0, 0.05) is 25.3 Å². The normalized spacial score (nSPS) is 19.0. The number of hydrogen-bond donors (Lipinski definition) is 3. The summed E-state index contributed by atoms with van der Waals surface area (Å²) in [5, 5.41) is 15.3. The van der Waals surface area contributed by atoms with E-state index < -0.39 is 30.0 Å². The van der Waals surface area contributed by atoms with Crippen LogP contribution >= 0.6 is 0 Å². The van der Waals surface area contributed by atoms with E-state index in [9.17, 15) is 23.9 Å². The Morgan fingerprint density at radius 1 is 1.14 bits per heavy atom. The first-order chi connectivity index (χ1) is 13.6. The van der Waals surface area contributed by atoms with Crippen molar-refractivity contribution in [3.63, 3.8) is 0 Å². The van der Waals surface area contributed by atoms with Gasteiger partial charge >= 0.3 is 5.97 Å². The molecule has 1 aromatic carbocycles. The number of benzene rings is 1. The highest BCUT2D eigenvalue weighted by Gasteiger charge is 2.39. The lowest BCUT2D eigenvalue weighted by Gasteiger charge is -2.42. The van der Waals surface area contributed by atoms with E-state index in [0.717, 1.165) is 0 Å². The van der Waals surface area contributed by atoms with Crippen LogP contribution in [-0.2, 0) is 14.4 Å². The van der Waals surface area contributed by atoms with Gasteiger partial charge in [-0.2, -0.15) is 0 Å². The Kier molecular flexibility index (Phi) is 7.55. The Hall–Kier alpha value is -2.68. The average molecular weight is 408 g/mol. The van der Waals surface area contributed by atoms with Gasteiger partial charge in [-0.05, 0) is 44.2 Å². The summed E-state index contributed by atoms with van der Waals surface area (Å²) in [4.78, 5) is 40.4. The van der Waals surface area contributed by atoms with E-state index in [4.69, 9.17) is 0 Å². The maximum atomic E-state index is 13.2. The van der Waals surface area contributed by atoms with Gasteiger partial charge in [0.2, 0.25) is 11.8 Å². The number of anilines is 1. The van der Waals surface area contributed by atoms with Crippen molar-refractivity contribution in [1.82, 2.24) is 15.5 Å². The number of carboxylic acids is 1. The number of piperazine rings is 1. The molecule has 1 aliphatic heterocycles. The van der Waals surface area contributed by atoms with E-state index in [1.54, 1.807) is 40.0 Å². The molecular formula is C20H29FN4O4. The van der Waals surface area contributed by atoms with Crippen LogP contribution in [0.5, 0.6) is 0 Å². The van der Waals surface area contributed by atoms with Crippen LogP contribution in [0.3, 0.4) is 0 Å². The van der Waals surface area contributed by atoms with Crippen molar-refractivity contribution in [2.75, 3.05) is 31.6 Å². The average Bonchev–Trinajstić information content (AvgIpc) is 2.70. The molecule has 0 aliphatic carbocycles. The summed E-state index contributed by atoms with van der Waals surface area (Å²) in [6, 6.07) is 3.43. The van der Waals surface area contributed by atoms with E-state index in [0.29, 0.717) is 12.2 Å². The molecule has 0 radical (unpaired) electrons. The molecule has 3 N–H and O–H groups in total. The van der Waals surface area contributed by atoms with Crippen LogP contribution < -0.4 is 15.5 Å². The summed E-state index contributed by atoms with van der Waals surface area (Å²) < 4.78 is 13.2. The monoisotopic (exact) mass is 408 g/mol. The number of carbonyl (C=O) groups excluding carboxylic acids is 2. The van der Waals surface area contributed by atoms with Crippen LogP contribution in [0.1, 0.15) is 20.8 Å². The molecule has 3 unspecified atom stereocenters. The first-order valence-electron chi connectivity index (χ1n) is 9.67. The second-order valence-corrected chi connectivity index (χ2v) is 7.55. The van der Waals surface area contributed by atoms with Crippen molar-refractivity contribution in [3.8, 4) is 0 Å². The van der Waals surface area contributed by atoms with Gasteiger partial charge in [0.05, 0.1) is 6.04 Å². The molecule has 9 heteroatoms. The van der Waals surface area contributed by atoms with Crippen LogP contribution in [0.25, 0.3) is 0 Å². The van der Waals surface area contributed by atoms with Crippen molar-refractivity contribution in [1.29, 1.82) is 0 Å². The molecule has 1 fully saturated rings. The highest BCUT2D eigenvalue weighted by molar-refractivity contribution is 5.92. The third-order valence-corrected chi connectivity index (χ3v) is 5.20. The number of aliphatic carboxylic acids is 1. The van der Waals surface area contributed by atoms with Gasteiger partial charge in [0.1, 0.15) is 17.9 Å². The number of halogens is 1. The minimum atomic E-state index is -1.12. The fourth-order valence-electron chi connectivity index (χ4n) is 3.25. The zero-order valence-electron chi connectivity index (χ0n) is 17.2. The number of hydrogen-bond acceptors (Lipinski definition) is 5. The predicted octanol–water partition coefficient (Wildman–Crippen LogP) is 0.676. The highest BCUT2D eigenvalue weighted by Crippen LogP contribution is 2.21. The predicted molar refractivity (Wildman–Crippen MR) is 107 cm³/mol. The Bertz CT molecular complexity index is 741. The molecule has 1 aliphatic rings. The number of likely N-dealkylation sites (N-methyl/N-ethyl adjacent to an activating group) is 1. The third-order valence-electron chi connectivity index (χ3n) is 5.20. The first-order valence-corrected chi connectivity index (χ1v) is 9.67. The van der Waals surface area contributed by atoms with E-state index >= 15 is 0 Å². The summed E-state index contributed by atoms with van der Waals surface area (Å²) in [6.07, 6.45) is 0. The molecular weight excluding hydrogens is 379 g/mol. The van der Waals surface area contributed by atoms with Crippen molar-refractivity contribution >= 4 is 23.5 Å². The summed E-state index contributed by atoms with van der Waals surface area (Å²) in [6.45, 7) is 5.96. The van der Waals surface area contributed by atoms with Crippen LogP contribution in [0.15, 0.2) is 24.3 Å². The molecule has 0 bridgehead atoms. The topological polar surface area (TPSA) is 102 Å². The largest absolute Gasteiger partial charge is 0.480 e. The summed E-state index contributed by atoms with van der Waals surface area (Å²) in [5.41, 5.74) is 0.696. The SMILES string of the molecule is CNC(C)C(=O)NC(C(=O)N1CCN(c2ccc(F)cc2)CC1C(=O)O)C(C)C. The zero-order valence-corrected chi connectivity index (χ0v) is 17.2. The van der Waals surface area contributed by atoms with Crippen LogP contribution in [0, 0.1) is 11.7 Å². The third kappa shape index (κ3) is 5.44. The lowest BCUT2D eigenvalue weighted by atomic mass is 10.00. The van der Waals surface area contributed by atoms with Crippen molar-refractivity contribution < 1.29 is 23.9 Å². The Morgan fingerprint density at radius 3 is 2.28 bits per heavy atom. The fraction of sp³-hybridized carbons (Fsp3) is 0.550. The molecule has 1 heterocycles.